The molecule has 1 aromatic heterocycles. The maximum absolute atomic E-state index is 10.9. The van der Waals surface area contributed by atoms with Gasteiger partial charge in [0.05, 0.1) is 16.5 Å². The number of pyridine rings is 1. The fourth-order valence-electron chi connectivity index (χ4n) is 2.18. The maximum atomic E-state index is 10.9. The molecule has 0 aliphatic rings. The van der Waals surface area contributed by atoms with Crippen molar-refractivity contribution >= 4 is 22.3 Å². The van der Waals surface area contributed by atoms with Crippen molar-refractivity contribution in [2.24, 2.45) is 0 Å². The van der Waals surface area contributed by atoms with E-state index in [-0.39, 0.29) is 11.8 Å². The van der Waals surface area contributed by atoms with Crippen LogP contribution < -0.4 is 5.32 Å². The number of fused-ring (bicyclic) bond motifs is 1. The summed E-state index contributed by atoms with van der Waals surface area (Å²) in [7, 11) is 0. The average Bonchev–Trinajstić information content (AvgIpc) is 2.46. The molecule has 1 heterocycles. The van der Waals surface area contributed by atoms with Gasteiger partial charge in [-0.25, -0.2) is 0 Å². The molecule has 2 N–H and O–H groups in total. The fourth-order valence-corrected chi connectivity index (χ4v) is 2.18. The van der Waals surface area contributed by atoms with Gasteiger partial charge < -0.3 is 10.4 Å². The van der Waals surface area contributed by atoms with E-state index in [1.54, 1.807) is 6.07 Å². The Morgan fingerprint density at radius 2 is 2.19 bits per heavy atom. The van der Waals surface area contributed by atoms with Gasteiger partial charge in [-0.2, -0.15) is 0 Å². The number of nitro benzene ring substituents is 1. The van der Waals surface area contributed by atoms with Gasteiger partial charge in [-0.05, 0) is 31.9 Å². The molecule has 1 atom stereocenters. The first-order valence-electron chi connectivity index (χ1n) is 6.99. The normalized spacial score (nSPS) is 12.3. The van der Waals surface area contributed by atoms with Crippen LogP contribution >= 0.6 is 0 Å². The van der Waals surface area contributed by atoms with Gasteiger partial charge in [0.2, 0.25) is 0 Å². The van der Waals surface area contributed by atoms with Crippen LogP contribution in [0.3, 0.4) is 0 Å². The van der Waals surface area contributed by atoms with Gasteiger partial charge >= 0.3 is 0 Å². The molecule has 0 radical (unpaired) electrons. The smallest absolute Gasteiger partial charge is 0.270 e. The zero-order chi connectivity index (χ0) is 15.4. The zero-order valence-electron chi connectivity index (χ0n) is 12.2. The van der Waals surface area contributed by atoms with Gasteiger partial charge in [0.25, 0.3) is 5.69 Å². The molecule has 0 saturated heterocycles. The second kappa shape index (κ2) is 6.49. The third-order valence-corrected chi connectivity index (χ3v) is 3.40. The predicted molar refractivity (Wildman–Crippen MR) is 82.5 cm³/mol. The molecule has 6 nitrogen and oxygen atoms in total. The highest BCUT2D eigenvalue weighted by atomic mass is 16.6. The molecule has 0 bridgehead atoms. The Hall–Kier alpha value is -2.21. The third-order valence-electron chi connectivity index (χ3n) is 3.40. The highest BCUT2D eigenvalue weighted by Gasteiger charge is 2.11. The second-order valence-electron chi connectivity index (χ2n) is 5.05. The molecule has 1 unspecified atom stereocenters. The number of benzene rings is 1. The molecule has 2 rings (SSSR count). The average molecular weight is 289 g/mol. The minimum Gasteiger partial charge on any atom is -0.393 e. The van der Waals surface area contributed by atoms with E-state index in [1.807, 2.05) is 19.9 Å². The van der Waals surface area contributed by atoms with Crippen molar-refractivity contribution in [1.82, 2.24) is 4.98 Å². The lowest BCUT2D eigenvalue weighted by Crippen LogP contribution is -2.12. The first-order chi connectivity index (χ1) is 10.0. The number of nitrogens with zero attached hydrogens (tertiary/aromatic N) is 2. The maximum Gasteiger partial charge on any atom is 0.270 e. The van der Waals surface area contributed by atoms with Crippen molar-refractivity contribution in [2.75, 3.05) is 11.9 Å². The molecule has 6 heteroatoms. The number of hydrogen-bond donors (Lipinski definition) is 2. The summed E-state index contributed by atoms with van der Waals surface area (Å²) in [6.07, 6.45) is 1.01. The van der Waals surface area contributed by atoms with Crippen LogP contribution in [0, 0.1) is 17.0 Å². The van der Waals surface area contributed by atoms with E-state index in [1.165, 1.54) is 12.1 Å². The van der Waals surface area contributed by atoms with Gasteiger partial charge in [-0.3, -0.25) is 15.1 Å². The largest absolute Gasteiger partial charge is 0.393 e. The SMILES string of the molecule is CCC(O)CCNc1cc(C)nc2ccc([N+](=O)[O-])cc12. The standard InChI is InChI=1S/C15H19N3O3/c1-3-12(19)6-7-16-15-8-10(2)17-14-5-4-11(18(20)21)9-13(14)15/h4-5,8-9,12,19H,3,6-7H2,1-2H3,(H,16,17). The zero-order valence-corrected chi connectivity index (χ0v) is 12.2. The number of nitrogens with one attached hydrogen (secondary N) is 1. The van der Waals surface area contributed by atoms with E-state index in [0.717, 1.165) is 22.3 Å². The number of aryl methyl sites for hydroxylation is 1. The summed E-state index contributed by atoms with van der Waals surface area (Å²) in [5.74, 6) is 0. The molecule has 0 aliphatic heterocycles. The predicted octanol–water partition coefficient (Wildman–Crippen LogP) is 3.02. The number of anilines is 1. The van der Waals surface area contributed by atoms with E-state index < -0.39 is 4.92 Å². The van der Waals surface area contributed by atoms with Gasteiger partial charge in [0.15, 0.2) is 0 Å². The number of aliphatic hydroxyl groups excluding tert-OH is 1. The van der Waals surface area contributed by atoms with Crippen molar-refractivity contribution in [1.29, 1.82) is 0 Å². The Morgan fingerprint density at radius 3 is 2.86 bits per heavy atom. The highest BCUT2D eigenvalue weighted by molar-refractivity contribution is 5.93. The minimum atomic E-state index is -0.413. The van der Waals surface area contributed by atoms with Crippen molar-refractivity contribution in [3.8, 4) is 0 Å². The fraction of sp³-hybridized carbons (Fsp3) is 0.400. The van der Waals surface area contributed by atoms with Gasteiger partial charge in [-0.15, -0.1) is 0 Å². The Morgan fingerprint density at radius 1 is 1.43 bits per heavy atom. The lowest BCUT2D eigenvalue weighted by Gasteiger charge is -2.12. The molecule has 0 fully saturated rings. The van der Waals surface area contributed by atoms with Gasteiger partial charge in [0, 0.05) is 35.4 Å². The van der Waals surface area contributed by atoms with Crippen LogP contribution in [0.5, 0.6) is 0 Å². The number of aromatic nitrogens is 1. The van der Waals surface area contributed by atoms with Crippen molar-refractivity contribution in [3.05, 3.63) is 40.1 Å². The molecule has 0 amide bonds. The van der Waals surface area contributed by atoms with Crippen LogP contribution in [0.4, 0.5) is 11.4 Å². The summed E-state index contributed by atoms with van der Waals surface area (Å²) in [5, 5.41) is 24.4. The van der Waals surface area contributed by atoms with Crippen molar-refractivity contribution < 1.29 is 10.0 Å². The van der Waals surface area contributed by atoms with E-state index >= 15 is 0 Å². The van der Waals surface area contributed by atoms with Crippen LogP contribution in [0.15, 0.2) is 24.3 Å². The molecule has 112 valence electrons. The van der Waals surface area contributed by atoms with Gasteiger partial charge in [-0.1, -0.05) is 6.92 Å². The molecule has 0 saturated carbocycles. The second-order valence-corrected chi connectivity index (χ2v) is 5.05. The number of hydrogen-bond acceptors (Lipinski definition) is 5. The molecule has 0 spiro atoms. The summed E-state index contributed by atoms with van der Waals surface area (Å²) in [6.45, 7) is 4.42. The quantitative estimate of drug-likeness (QED) is 0.630. The molecular formula is C15H19N3O3. The highest BCUT2D eigenvalue weighted by Crippen LogP contribution is 2.27. The Balaban J connectivity index is 2.31. The first kappa shape index (κ1) is 15.2. The summed E-state index contributed by atoms with van der Waals surface area (Å²) in [4.78, 5) is 14.9. The third kappa shape index (κ3) is 3.66. The van der Waals surface area contributed by atoms with Crippen LogP contribution in [-0.4, -0.2) is 27.7 Å². The van der Waals surface area contributed by atoms with Crippen LogP contribution in [0.1, 0.15) is 25.5 Å². The number of aliphatic hydroxyl groups is 1. The molecule has 0 aliphatic carbocycles. The van der Waals surface area contributed by atoms with Crippen LogP contribution in [-0.2, 0) is 0 Å². The number of rotatable bonds is 6. The number of non-ortho nitro benzene ring substituents is 1. The number of nitro groups is 1. The van der Waals surface area contributed by atoms with Gasteiger partial charge in [0.1, 0.15) is 0 Å². The molecule has 2 aromatic rings. The van der Waals surface area contributed by atoms with E-state index in [9.17, 15) is 15.2 Å². The lowest BCUT2D eigenvalue weighted by molar-refractivity contribution is -0.384. The van der Waals surface area contributed by atoms with Crippen LogP contribution in [0.25, 0.3) is 10.9 Å². The Kier molecular flexibility index (Phi) is 4.70. The Bertz CT molecular complexity index is 658. The lowest BCUT2D eigenvalue weighted by atomic mass is 10.1. The first-order valence-corrected chi connectivity index (χ1v) is 6.99. The van der Waals surface area contributed by atoms with E-state index in [0.29, 0.717) is 19.4 Å². The topological polar surface area (TPSA) is 88.3 Å². The molecule has 1 aromatic carbocycles. The van der Waals surface area contributed by atoms with Crippen molar-refractivity contribution in [3.63, 3.8) is 0 Å². The molecule has 21 heavy (non-hydrogen) atoms. The minimum absolute atomic E-state index is 0.0461. The summed E-state index contributed by atoms with van der Waals surface area (Å²) < 4.78 is 0. The van der Waals surface area contributed by atoms with Crippen LogP contribution in [0.2, 0.25) is 0 Å². The summed E-state index contributed by atoms with van der Waals surface area (Å²) >= 11 is 0. The van der Waals surface area contributed by atoms with E-state index in [2.05, 4.69) is 10.3 Å². The van der Waals surface area contributed by atoms with Crippen molar-refractivity contribution in [2.45, 2.75) is 32.8 Å². The summed E-state index contributed by atoms with van der Waals surface area (Å²) in [6, 6.07) is 6.51. The monoisotopic (exact) mass is 289 g/mol. The van der Waals surface area contributed by atoms with E-state index in [4.69, 9.17) is 0 Å². The molecular weight excluding hydrogens is 270 g/mol. The Labute approximate surface area is 123 Å². The summed E-state index contributed by atoms with van der Waals surface area (Å²) in [5.41, 5.74) is 2.42.